The topological polar surface area (TPSA) is 67.2 Å². The Bertz CT molecular complexity index is 596. The number of carbonyl (C=O) groups is 1. The van der Waals surface area contributed by atoms with E-state index >= 15 is 0 Å². The van der Waals surface area contributed by atoms with Crippen molar-refractivity contribution in [2.45, 2.75) is 6.92 Å². The molecule has 4 N–H and O–H groups in total. The summed E-state index contributed by atoms with van der Waals surface area (Å²) in [6.07, 6.45) is 0. The highest BCUT2D eigenvalue weighted by Crippen LogP contribution is 2.17. The zero-order valence-electron chi connectivity index (χ0n) is 10.4. The molecule has 2 aromatic rings. The molecule has 2 rings (SSSR count). The van der Waals surface area contributed by atoms with Crippen LogP contribution in [-0.4, -0.2) is 6.03 Å². The van der Waals surface area contributed by atoms with Crippen LogP contribution in [0, 0.1) is 12.7 Å². The zero-order chi connectivity index (χ0) is 13.8. The molecule has 0 bridgehead atoms. The molecule has 5 heteroatoms. The fraction of sp³-hybridized carbons (Fsp3) is 0.0714. The number of benzene rings is 2. The van der Waals surface area contributed by atoms with Crippen LogP contribution in [-0.2, 0) is 0 Å². The number of urea groups is 1. The summed E-state index contributed by atoms with van der Waals surface area (Å²) in [5.74, 6) is -0.350. The van der Waals surface area contributed by atoms with E-state index in [0.717, 1.165) is 5.56 Å². The van der Waals surface area contributed by atoms with E-state index in [1.54, 1.807) is 12.1 Å². The van der Waals surface area contributed by atoms with Gasteiger partial charge in [0.05, 0.1) is 0 Å². The average Bonchev–Trinajstić information content (AvgIpc) is 2.37. The van der Waals surface area contributed by atoms with Crippen LogP contribution in [0.4, 0.5) is 26.2 Å². The molecule has 0 saturated carbocycles. The van der Waals surface area contributed by atoms with E-state index in [1.807, 2.05) is 13.0 Å². The molecule has 0 unspecified atom stereocenters. The molecule has 98 valence electrons. The largest absolute Gasteiger partial charge is 0.398 e. The van der Waals surface area contributed by atoms with E-state index in [2.05, 4.69) is 10.6 Å². The first-order valence-corrected chi connectivity index (χ1v) is 5.74. The maximum atomic E-state index is 12.7. The average molecular weight is 259 g/mol. The van der Waals surface area contributed by atoms with Gasteiger partial charge in [0.1, 0.15) is 5.82 Å². The molecule has 2 amide bonds. The van der Waals surface area contributed by atoms with E-state index in [9.17, 15) is 9.18 Å². The van der Waals surface area contributed by atoms with Crippen molar-refractivity contribution in [1.29, 1.82) is 0 Å². The van der Waals surface area contributed by atoms with Gasteiger partial charge in [-0.05, 0) is 48.9 Å². The van der Waals surface area contributed by atoms with Gasteiger partial charge in [0.2, 0.25) is 0 Å². The van der Waals surface area contributed by atoms with E-state index < -0.39 is 6.03 Å². The molecule has 19 heavy (non-hydrogen) atoms. The number of hydrogen-bond acceptors (Lipinski definition) is 2. The molecule has 0 aliphatic rings. The molecular formula is C14H14FN3O. The third-order valence-electron chi connectivity index (χ3n) is 2.64. The van der Waals surface area contributed by atoms with E-state index in [1.165, 1.54) is 24.3 Å². The number of carbonyl (C=O) groups excluding carboxylic acids is 1. The quantitative estimate of drug-likeness (QED) is 0.724. The van der Waals surface area contributed by atoms with Crippen molar-refractivity contribution in [3.8, 4) is 0 Å². The molecule has 0 fully saturated rings. The second kappa shape index (κ2) is 5.39. The minimum atomic E-state index is -0.408. The van der Waals surface area contributed by atoms with Crippen molar-refractivity contribution in [1.82, 2.24) is 0 Å². The fourth-order valence-corrected chi connectivity index (χ4v) is 1.54. The second-order valence-electron chi connectivity index (χ2n) is 4.16. The molecule has 0 aliphatic carbocycles. The van der Waals surface area contributed by atoms with Gasteiger partial charge in [-0.1, -0.05) is 6.07 Å². The first kappa shape index (κ1) is 12.9. The molecule has 0 spiro atoms. The number of rotatable bonds is 2. The lowest BCUT2D eigenvalue weighted by molar-refractivity contribution is 0.262. The molecule has 0 aliphatic heterocycles. The van der Waals surface area contributed by atoms with E-state index in [0.29, 0.717) is 17.1 Å². The highest BCUT2D eigenvalue weighted by molar-refractivity contribution is 6.00. The third kappa shape index (κ3) is 3.45. The standard InChI is InChI=1S/C14H14FN3O/c1-9-2-5-12(8-13(9)16)18-14(19)17-11-6-3-10(15)4-7-11/h2-8H,16H2,1H3,(H2,17,18,19). The van der Waals surface area contributed by atoms with Crippen molar-refractivity contribution in [3.63, 3.8) is 0 Å². The zero-order valence-corrected chi connectivity index (χ0v) is 10.4. The number of nitrogens with one attached hydrogen (secondary N) is 2. The predicted molar refractivity (Wildman–Crippen MR) is 74.6 cm³/mol. The van der Waals surface area contributed by atoms with Crippen molar-refractivity contribution in [3.05, 3.63) is 53.8 Å². The van der Waals surface area contributed by atoms with Gasteiger partial charge in [-0.25, -0.2) is 9.18 Å². The molecule has 0 atom stereocenters. The number of hydrogen-bond donors (Lipinski definition) is 3. The number of amides is 2. The van der Waals surface area contributed by atoms with Gasteiger partial charge in [-0.3, -0.25) is 0 Å². The highest BCUT2D eigenvalue weighted by Gasteiger charge is 2.04. The van der Waals surface area contributed by atoms with Gasteiger partial charge in [0.25, 0.3) is 0 Å². The third-order valence-corrected chi connectivity index (χ3v) is 2.64. The fourth-order valence-electron chi connectivity index (χ4n) is 1.54. The minimum absolute atomic E-state index is 0.350. The lowest BCUT2D eigenvalue weighted by atomic mass is 10.2. The maximum absolute atomic E-state index is 12.7. The Morgan fingerprint density at radius 2 is 1.63 bits per heavy atom. The van der Waals surface area contributed by atoms with Crippen LogP contribution in [0.5, 0.6) is 0 Å². The second-order valence-corrected chi connectivity index (χ2v) is 4.16. The highest BCUT2D eigenvalue weighted by atomic mass is 19.1. The lowest BCUT2D eigenvalue weighted by Gasteiger charge is -2.09. The summed E-state index contributed by atoms with van der Waals surface area (Å²) in [6, 6.07) is 10.4. The van der Waals surface area contributed by atoms with Gasteiger partial charge < -0.3 is 16.4 Å². The number of halogens is 1. The Kier molecular flexibility index (Phi) is 3.66. The monoisotopic (exact) mass is 259 g/mol. The molecule has 2 aromatic carbocycles. The van der Waals surface area contributed by atoms with Crippen LogP contribution >= 0.6 is 0 Å². The normalized spacial score (nSPS) is 10.0. The summed E-state index contributed by atoms with van der Waals surface area (Å²) in [5.41, 5.74) is 8.42. The van der Waals surface area contributed by atoms with Crippen LogP contribution in [0.15, 0.2) is 42.5 Å². The summed E-state index contributed by atoms with van der Waals surface area (Å²) in [4.78, 5) is 11.7. The SMILES string of the molecule is Cc1ccc(NC(=O)Nc2ccc(F)cc2)cc1N. The van der Waals surface area contributed by atoms with Crippen LogP contribution < -0.4 is 16.4 Å². The van der Waals surface area contributed by atoms with Crippen molar-refractivity contribution >= 4 is 23.1 Å². The maximum Gasteiger partial charge on any atom is 0.323 e. The first-order valence-electron chi connectivity index (χ1n) is 5.74. The summed E-state index contributed by atoms with van der Waals surface area (Å²) >= 11 is 0. The summed E-state index contributed by atoms with van der Waals surface area (Å²) < 4.78 is 12.7. The summed E-state index contributed by atoms with van der Waals surface area (Å²) in [5, 5.41) is 5.24. The Labute approximate surface area is 110 Å². The van der Waals surface area contributed by atoms with E-state index in [-0.39, 0.29) is 5.82 Å². The van der Waals surface area contributed by atoms with Crippen LogP contribution in [0.3, 0.4) is 0 Å². The Hall–Kier alpha value is -2.56. The number of nitrogens with two attached hydrogens (primary N) is 1. The number of aryl methyl sites for hydroxylation is 1. The number of nitrogen functional groups attached to an aromatic ring is 1. The van der Waals surface area contributed by atoms with Gasteiger partial charge in [0.15, 0.2) is 0 Å². The predicted octanol–water partition coefficient (Wildman–Crippen LogP) is 3.36. The Morgan fingerprint density at radius 1 is 1.05 bits per heavy atom. The molecule has 0 radical (unpaired) electrons. The molecule has 0 aromatic heterocycles. The summed E-state index contributed by atoms with van der Waals surface area (Å²) in [7, 11) is 0. The van der Waals surface area contributed by atoms with Crippen molar-refractivity contribution < 1.29 is 9.18 Å². The lowest BCUT2D eigenvalue weighted by Crippen LogP contribution is -2.19. The number of anilines is 3. The summed E-state index contributed by atoms with van der Waals surface area (Å²) in [6.45, 7) is 1.89. The minimum Gasteiger partial charge on any atom is -0.398 e. The van der Waals surface area contributed by atoms with Gasteiger partial charge >= 0.3 is 6.03 Å². The first-order chi connectivity index (χ1) is 9.04. The van der Waals surface area contributed by atoms with Gasteiger partial charge in [-0.2, -0.15) is 0 Å². The Morgan fingerprint density at radius 3 is 2.26 bits per heavy atom. The van der Waals surface area contributed by atoms with Crippen LogP contribution in [0.2, 0.25) is 0 Å². The van der Waals surface area contributed by atoms with Crippen molar-refractivity contribution in [2.24, 2.45) is 0 Å². The van der Waals surface area contributed by atoms with E-state index in [4.69, 9.17) is 5.73 Å². The van der Waals surface area contributed by atoms with Gasteiger partial charge in [-0.15, -0.1) is 0 Å². The smallest absolute Gasteiger partial charge is 0.323 e. The Balaban J connectivity index is 2.01. The van der Waals surface area contributed by atoms with Crippen molar-refractivity contribution in [2.75, 3.05) is 16.4 Å². The molecule has 4 nitrogen and oxygen atoms in total. The molecule has 0 saturated heterocycles. The van der Waals surface area contributed by atoms with Crippen LogP contribution in [0.25, 0.3) is 0 Å². The van der Waals surface area contributed by atoms with Crippen LogP contribution in [0.1, 0.15) is 5.56 Å². The molecule has 0 heterocycles. The molecular weight excluding hydrogens is 245 g/mol. The van der Waals surface area contributed by atoms with Gasteiger partial charge in [0, 0.05) is 17.1 Å².